The van der Waals surface area contributed by atoms with Crippen LogP contribution in [0.1, 0.15) is 16.7 Å². The summed E-state index contributed by atoms with van der Waals surface area (Å²) >= 11 is 0. The molecular formula is C15H15F2N. The summed E-state index contributed by atoms with van der Waals surface area (Å²) in [6.07, 6.45) is 0. The summed E-state index contributed by atoms with van der Waals surface area (Å²) in [4.78, 5) is 0. The van der Waals surface area contributed by atoms with E-state index < -0.39 is 11.6 Å². The van der Waals surface area contributed by atoms with Crippen LogP contribution in [0.15, 0.2) is 42.5 Å². The lowest BCUT2D eigenvalue weighted by Gasteiger charge is -2.09. The Morgan fingerprint density at radius 3 is 2.39 bits per heavy atom. The maximum Gasteiger partial charge on any atom is 0.133 e. The third-order valence-electron chi connectivity index (χ3n) is 2.85. The molecule has 0 fully saturated rings. The van der Waals surface area contributed by atoms with E-state index in [1.165, 1.54) is 12.1 Å². The molecule has 0 atom stereocenters. The third kappa shape index (κ3) is 2.93. The Labute approximate surface area is 105 Å². The van der Waals surface area contributed by atoms with Gasteiger partial charge in [0.05, 0.1) is 0 Å². The highest BCUT2D eigenvalue weighted by molar-refractivity contribution is 5.26. The minimum absolute atomic E-state index is 0.103. The van der Waals surface area contributed by atoms with Crippen molar-refractivity contribution in [3.8, 4) is 0 Å². The Morgan fingerprint density at radius 2 is 1.67 bits per heavy atom. The van der Waals surface area contributed by atoms with E-state index in [0.29, 0.717) is 12.1 Å². The van der Waals surface area contributed by atoms with Crippen LogP contribution in [0.4, 0.5) is 8.78 Å². The second kappa shape index (κ2) is 5.74. The summed E-state index contributed by atoms with van der Waals surface area (Å²) in [5.74, 6) is -0.964. The van der Waals surface area contributed by atoms with Gasteiger partial charge in [0, 0.05) is 18.7 Å². The molecule has 2 rings (SSSR count). The van der Waals surface area contributed by atoms with Crippen molar-refractivity contribution >= 4 is 0 Å². The van der Waals surface area contributed by atoms with Crippen molar-refractivity contribution < 1.29 is 8.78 Å². The molecule has 1 nitrogen and oxygen atoms in total. The van der Waals surface area contributed by atoms with Gasteiger partial charge >= 0.3 is 0 Å². The largest absolute Gasteiger partial charge is 0.308 e. The lowest BCUT2D eigenvalue weighted by Crippen LogP contribution is -2.15. The van der Waals surface area contributed by atoms with Crippen LogP contribution in [-0.4, -0.2) is 0 Å². The highest BCUT2D eigenvalue weighted by atomic mass is 19.1. The average Bonchev–Trinajstić information content (AvgIpc) is 2.39. The summed E-state index contributed by atoms with van der Waals surface area (Å²) in [5.41, 5.74) is 1.66. The van der Waals surface area contributed by atoms with Gasteiger partial charge in [0.2, 0.25) is 0 Å². The summed E-state index contributed by atoms with van der Waals surface area (Å²) < 4.78 is 27.2. The van der Waals surface area contributed by atoms with Crippen molar-refractivity contribution in [1.29, 1.82) is 0 Å². The van der Waals surface area contributed by atoms with E-state index >= 15 is 0 Å². The van der Waals surface area contributed by atoms with Gasteiger partial charge in [-0.05, 0) is 24.1 Å². The van der Waals surface area contributed by atoms with Gasteiger partial charge in [-0.1, -0.05) is 36.4 Å². The predicted octanol–water partition coefficient (Wildman–Crippen LogP) is 3.56. The fourth-order valence-electron chi connectivity index (χ4n) is 1.80. The summed E-state index contributed by atoms with van der Waals surface area (Å²) in [6, 6.07) is 12.5. The molecule has 0 amide bonds. The Hall–Kier alpha value is -1.74. The van der Waals surface area contributed by atoms with E-state index in [0.717, 1.165) is 5.56 Å². The molecular weight excluding hydrogens is 232 g/mol. The van der Waals surface area contributed by atoms with Crippen LogP contribution in [0.5, 0.6) is 0 Å². The lowest BCUT2D eigenvalue weighted by atomic mass is 10.1. The van der Waals surface area contributed by atoms with Gasteiger partial charge < -0.3 is 5.32 Å². The van der Waals surface area contributed by atoms with Crippen molar-refractivity contribution in [3.05, 3.63) is 70.8 Å². The van der Waals surface area contributed by atoms with Gasteiger partial charge in [0.15, 0.2) is 0 Å². The zero-order valence-electron chi connectivity index (χ0n) is 10.2. The van der Waals surface area contributed by atoms with Gasteiger partial charge in [-0.25, -0.2) is 8.78 Å². The number of hydrogen-bond donors (Lipinski definition) is 1. The van der Waals surface area contributed by atoms with Crippen molar-refractivity contribution in [1.82, 2.24) is 5.32 Å². The number of rotatable bonds is 4. The van der Waals surface area contributed by atoms with Crippen molar-refractivity contribution in [3.63, 3.8) is 0 Å². The zero-order valence-corrected chi connectivity index (χ0v) is 10.2. The number of hydrogen-bond acceptors (Lipinski definition) is 1. The first-order valence-electron chi connectivity index (χ1n) is 5.86. The fraction of sp³-hybridized carbons (Fsp3) is 0.200. The number of nitrogens with one attached hydrogen (secondary N) is 1. The highest BCUT2D eigenvalue weighted by Crippen LogP contribution is 2.16. The second-order valence-corrected chi connectivity index (χ2v) is 4.25. The van der Waals surface area contributed by atoms with Crippen LogP contribution >= 0.6 is 0 Å². The molecule has 0 heterocycles. The third-order valence-corrected chi connectivity index (χ3v) is 2.85. The Balaban J connectivity index is 2.01. The molecule has 1 N–H and O–H groups in total. The molecule has 0 bridgehead atoms. The molecule has 0 saturated heterocycles. The maximum absolute atomic E-state index is 13.7. The monoisotopic (exact) mass is 247 g/mol. The van der Waals surface area contributed by atoms with Crippen LogP contribution in [0.2, 0.25) is 0 Å². The number of benzene rings is 2. The molecule has 0 spiro atoms. The summed E-state index contributed by atoms with van der Waals surface area (Å²) in [6.45, 7) is 2.41. The molecule has 0 aliphatic carbocycles. The van der Waals surface area contributed by atoms with Crippen LogP contribution in [0, 0.1) is 18.6 Å². The first-order valence-corrected chi connectivity index (χ1v) is 5.86. The second-order valence-electron chi connectivity index (χ2n) is 4.25. The Kier molecular flexibility index (Phi) is 4.05. The normalized spacial score (nSPS) is 10.6. The minimum atomic E-state index is -0.501. The van der Waals surface area contributed by atoms with Crippen LogP contribution in [0.3, 0.4) is 0 Å². The molecule has 2 aromatic rings. The SMILES string of the molecule is Cc1ccc(F)c(CNCc2ccccc2)c1F. The van der Waals surface area contributed by atoms with Gasteiger partial charge in [-0.3, -0.25) is 0 Å². The predicted molar refractivity (Wildman–Crippen MR) is 68.1 cm³/mol. The van der Waals surface area contributed by atoms with Crippen molar-refractivity contribution in [2.45, 2.75) is 20.0 Å². The topological polar surface area (TPSA) is 12.0 Å². The Morgan fingerprint density at radius 1 is 0.944 bits per heavy atom. The summed E-state index contributed by atoms with van der Waals surface area (Å²) in [7, 11) is 0. The van der Waals surface area contributed by atoms with Gasteiger partial charge in [-0.2, -0.15) is 0 Å². The van der Waals surface area contributed by atoms with E-state index in [1.807, 2.05) is 30.3 Å². The Bertz CT molecular complexity index is 524. The van der Waals surface area contributed by atoms with E-state index in [9.17, 15) is 8.78 Å². The quantitative estimate of drug-likeness (QED) is 0.871. The van der Waals surface area contributed by atoms with Crippen molar-refractivity contribution in [2.75, 3.05) is 0 Å². The molecule has 18 heavy (non-hydrogen) atoms. The lowest BCUT2D eigenvalue weighted by molar-refractivity contribution is 0.530. The molecule has 2 aromatic carbocycles. The molecule has 0 unspecified atom stereocenters. The smallest absolute Gasteiger partial charge is 0.133 e. The zero-order chi connectivity index (χ0) is 13.0. The minimum Gasteiger partial charge on any atom is -0.308 e. The molecule has 94 valence electrons. The molecule has 0 saturated carbocycles. The highest BCUT2D eigenvalue weighted by Gasteiger charge is 2.10. The standard InChI is InChI=1S/C15H15F2N/c1-11-7-8-14(16)13(15(11)17)10-18-9-12-5-3-2-4-6-12/h2-8,18H,9-10H2,1H3. The first kappa shape index (κ1) is 12.7. The molecule has 3 heteroatoms. The van der Waals surface area contributed by atoms with Crippen LogP contribution in [-0.2, 0) is 13.1 Å². The van der Waals surface area contributed by atoms with Gasteiger partial charge in [-0.15, -0.1) is 0 Å². The van der Waals surface area contributed by atoms with Crippen molar-refractivity contribution in [2.24, 2.45) is 0 Å². The molecule has 0 aliphatic heterocycles. The molecule has 0 aliphatic rings. The van der Waals surface area contributed by atoms with E-state index in [1.54, 1.807) is 6.92 Å². The van der Waals surface area contributed by atoms with E-state index in [2.05, 4.69) is 5.32 Å². The van der Waals surface area contributed by atoms with E-state index in [4.69, 9.17) is 0 Å². The molecule has 0 radical (unpaired) electrons. The van der Waals surface area contributed by atoms with E-state index in [-0.39, 0.29) is 12.1 Å². The van der Waals surface area contributed by atoms with Gasteiger partial charge in [0.25, 0.3) is 0 Å². The number of halogens is 2. The average molecular weight is 247 g/mol. The first-order chi connectivity index (χ1) is 8.68. The van der Waals surface area contributed by atoms with Gasteiger partial charge in [0.1, 0.15) is 11.6 Å². The van der Waals surface area contributed by atoms with Crippen LogP contribution in [0.25, 0.3) is 0 Å². The maximum atomic E-state index is 13.7. The van der Waals surface area contributed by atoms with Crippen LogP contribution < -0.4 is 5.32 Å². The summed E-state index contributed by atoms with van der Waals surface area (Å²) in [5, 5.41) is 3.05. The number of aryl methyl sites for hydroxylation is 1. The fourth-order valence-corrected chi connectivity index (χ4v) is 1.80. The molecule has 0 aromatic heterocycles.